The third kappa shape index (κ3) is 4.69. The average Bonchev–Trinajstić information content (AvgIpc) is 2.97. The van der Waals surface area contributed by atoms with Gasteiger partial charge in [-0.2, -0.15) is 0 Å². The summed E-state index contributed by atoms with van der Waals surface area (Å²) < 4.78 is 0. The van der Waals surface area contributed by atoms with Crippen LogP contribution in [0.1, 0.15) is 50.5 Å². The number of carbonyl (C=O) groups is 2. The Morgan fingerprint density at radius 2 is 1.52 bits per heavy atom. The molecule has 0 spiro atoms. The number of para-hydroxylation sites is 1. The van der Waals surface area contributed by atoms with E-state index in [2.05, 4.69) is 0 Å². The van der Waals surface area contributed by atoms with Crippen molar-refractivity contribution in [3.05, 3.63) is 66.2 Å². The van der Waals surface area contributed by atoms with Crippen LogP contribution in [0.25, 0.3) is 0 Å². The fourth-order valence-corrected chi connectivity index (χ4v) is 4.71. The van der Waals surface area contributed by atoms with Gasteiger partial charge < -0.3 is 9.80 Å². The fraction of sp³-hybridized carbons (Fsp3) is 0.440. The van der Waals surface area contributed by atoms with Crippen LogP contribution in [0.3, 0.4) is 0 Å². The first-order valence-electron chi connectivity index (χ1n) is 10.9. The second-order valence-electron chi connectivity index (χ2n) is 8.34. The van der Waals surface area contributed by atoms with Crippen LogP contribution in [0, 0.1) is 5.92 Å². The summed E-state index contributed by atoms with van der Waals surface area (Å²) in [5.41, 5.74) is 1.98. The molecule has 2 aliphatic rings. The lowest BCUT2D eigenvalue weighted by molar-refractivity contribution is -0.130. The summed E-state index contributed by atoms with van der Waals surface area (Å²) in [6, 6.07) is 20.2. The summed E-state index contributed by atoms with van der Waals surface area (Å²) in [7, 11) is 0. The average molecular weight is 391 g/mol. The van der Waals surface area contributed by atoms with Crippen LogP contribution >= 0.6 is 0 Å². The van der Waals surface area contributed by atoms with Gasteiger partial charge >= 0.3 is 0 Å². The molecule has 1 aliphatic carbocycles. The van der Waals surface area contributed by atoms with E-state index < -0.39 is 0 Å². The number of hydrogen-bond donors (Lipinski definition) is 0. The van der Waals surface area contributed by atoms with E-state index in [1.807, 2.05) is 70.5 Å². The topological polar surface area (TPSA) is 40.6 Å². The molecule has 1 saturated carbocycles. The Kier molecular flexibility index (Phi) is 6.28. The van der Waals surface area contributed by atoms with Gasteiger partial charge in [0.15, 0.2) is 0 Å². The highest BCUT2D eigenvalue weighted by Crippen LogP contribution is 2.30. The lowest BCUT2D eigenvalue weighted by Crippen LogP contribution is -2.39. The van der Waals surface area contributed by atoms with Crippen LogP contribution < -0.4 is 4.90 Å². The minimum Gasteiger partial charge on any atom is -0.339 e. The normalized spacial score (nSPS) is 20.5. The molecule has 1 saturated heterocycles. The summed E-state index contributed by atoms with van der Waals surface area (Å²) in [6.07, 6.45) is 7.42. The SMILES string of the molecule is O=C(C1CC(=O)N(C2CCCCCC2)C1)N(Cc1ccccc1)c1ccccc1. The van der Waals surface area contributed by atoms with Crippen molar-refractivity contribution in [1.29, 1.82) is 0 Å². The molecule has 29 heavy (non-hydrogen) atoms. The summed E-state index contributed by atoms with van der Waals surface area (Å²) in [5, 5.41) is 0. The van der Waals surface area contributed by atoms with Gasteiger partial charge in [0.05, 0.1) is 12.5 Å². The molecule has 2 aromatic carbocycles. The van der Waals surface area contributed by atoms with Gasteiger partial charge in [-0.15, -0.1) is 0 Å². The second-order valence-corrected chi connectivity index (χ2v) is 8.34. The maximum Gasteiger partial charge on any atom is 0.232 e. The minimum atomic E-state index is -0.255. The largest absolute Gasteiger partial charge is 0.339 e. The molecule has 0 radical (unpaired) electrons. The van der Waals surface area contributed by atoms with Crippen molar-refractivity contribution in [2.24, 2.45) is 5.92 Å². The Bertz CT molecular complexity index is 813. The fourth-order valence-electron chi connectivity index (χ4n) is 4.71. The Hall–Kier alpha value is -2.62. The Morgan fingerprint density at radius 3 is 2.17 bits per heavy atom. The third-order valence-corrected chi connectivity index (χ3v) is 6.29. The van der Waals surface area contributed by atoms with Crippen LogP contribution in [0.5, 0.6) is 0 Å². The first-order valence-corrected chi connectivity index (χ1v) is 10.9. The molecule has 4 rings (SSSR count). The van der Waals surface area contributed by atoms with E-state index in [-0.39, 0.29) is 17.7 Å². The highest BCUT2D eigenvalue weighted by Gasteiger charge is 2.39. The predicted molar refractivity (Wildman–Crippen MR) is 115 cm³/mol. The molecule has 4 heteroatoms. The van der Waals surface area contributed by atoms with Crippen molar-refractivity contribution < 1.29 is 9.59 Å². The standard InChI is InChI=1S/C25H30N2O2/c28-24-17-21(19-26(24)22-13-7-1-2-8-14-22)25(29)27(23-15-9-4-10-16-23)18-20-11-5-3-6-12-20/h3-6,9-12,15-16,21-22H,1-2,7-8,13-14,17-19H2. The maximum absolute atomic E-state index is 13.5. The summed E-state index contributed by atoms with van der Waals surface area (Å²) >= 11 is 0. The lowest BCUT2D eigenvalue weighted by Gasteiger charge is -2.29. The smallest absolute Gasteiger partial charge is 0.232 e. The van der Waals surface area contributed by atoms with E-state index in [4.69, 9.17) is 0 Å². The lowest BCUT2D eigenvalue weighted by atomic mass is 10.0. The molecule has 152 valence electrons. The molecule has 2 aromatic rings. The highest BCUT2D eigenvalue weighted by molar-refractivity contribution is 5.99. The Balaban J connectivity index is 1.52. The van der Waals surface area contributed by atoms with E-state index in [0.717, 1.165) is 24.1 Å². The van der Waals surface area contributed by atoms with Crippen molar-refractivity contribution in [1.82, 2.24) is 4.90 Å². The molecular weight excluding hydrogens is 360 g/mol. The molecule has 1 atom stereocenters. The van der Waals surface area contributed by atoms with Gasteiger partial charge in [0.1, 0.15) is 0 Å². The van der Waals surface area contributed by atoms with E-state index in [0.29, 0.717) is 25.6 Å². The summed E-state index contributed by atoms with van der Waals surface area (Å²) in [6.45, 7) is 1.10. The molecule has 0 N–H and O–H groups in total. The molecule has 1 heterocycles. The van der Waals surface area contributed by atoms with Crippen LogP contribution in [-0.2, 0) is 16.1 Å². The molecule has 1 unspecified atom stereocenters. The van der Waals surface area contributed by atoms with Crippen molar-refractivity contribution in [3.8, 4) is 0 Å². The van der Waals surface area contributed by atoms with Gasteiger partial charge in [-0.05, 0) is 30.5 Å². The number of likely N-dealkylation sites (tertiary alicyclic amines) is 1. The van der Waals surface area contributed by atoms with Gasteiger partial charge in [-0.1, -0.05) is 74.2 Å². The van der Waals surface area contributed by atoms with Gasteiger partial charge in [-0.3, -0.25) is 9.59 Å². The van der Waals surface area contributed by atoms with Crippen LogP contribution in [0.4, 0.5) is 5.69 Å². The molecule has 1 aliphatic heterocycles. The van der Waals surface area contributed by atoms with Crippen molar-refractivity contribution in [2.75, 3.05) is 11.4 Å². The van der Waals surface area contributed by atoms with Crippen molar-refractivity contribution >= 4 is 17.5 Å². The molecule has 4 nitrogen and oxygen atoms in total. The highest BCUT2D eigenvalue weighted by atomic mass is 16.2. The number of benzene rings is 2. The molecule has 0 aromatic heterocycles. The third-order valence-electron chi connectivity index (χ3n) is 6.29. The number of nitrogens with zero attached hydrogens (tertiary/aromatic N) is 2. The zero-order valence-electron chi connectivity index (χ0n) is 17.0. The van der Waals surface area contributed by atoms with Crippen molar-refractivity contribution in [2.45, 2.75) is 57.5 Å². The first kappa shape index (κ1) is 19.7. The van der Waals surface area contributed by atoms with E-state index in [1.165, 1.54) is 25.7 Å². The molecule has 2 fully saturated rings. The maximum atomic E-state index is 13.5. The summed E-state index contributed by atoms with van der Waals surface area (Å²) in [5.74, 6) is -0.0397. The van der Waals surface area contributed by atoms with E-state index >= 15 is 0 Å². The Labute approximate surface area is 173 Å². The number of amides is 2. The molecule has 0 bridgehead atoms. The second kappa shape index (κ2) is 9.25. The predicted octanol–water partition coefficient (Wildman–Crippen LogP) is 4.79. The van der Waals surface area contributed by atoms with Crippen LogP contribution in [0.15, 0.2) is 60.7 Å². The van der Waals surface area contributed by atoms with Crippen LogP contribution in [-0.4, -0.2) is 29.3 Å². The zero-order valence-corrected chi connectivity index (χ0v) is 17.0. The van der Waals surface area contributed by atoms with Gasteiger partial charge in [-0.25, -0.2) is 0 Å². The van der Waals surface area contributed by atoms with Crippen molar-refractivity contribution in [3.63, 3.8) is 0 Å². The minimum absolute atomic E-state index is 0.0597. The van der Waals surface area contributed by atoms with E-state index in [1.54, 1.807) is 0 Å². The number of hydrogen-bond acceptors (Lipinski definition) is 2. The molecular formula is C25H30N2O2. The monoisotopic (exact) mass is 390 g/mol. The quantitative estimate of drug-likeness (QED) is 0.689. The number of rotatable bonds is 5. The van der Waals surface area contributed by atoms with Gasteiger partial charge in [0.2, 0.25) is 11.8 Å². The van der Waals surface area contributed by atoms with Gasteiger partial charge in [0.25, 0.3) is 0 Å². The van der Waals surface area contributed by atoms with Gasteiger partial charge in [0, 0.05) is 24.7 Å². The zero-order chi connectivity index (χ0) is 20.1. The summed E-state index contributed by atoms with van der Waals surface area (Å²) in [4.78, 5) is 30.2. The number of carbonyl (C=O) groups excluding carboxylic acids is 2. The van der Waals surface area contributed by atoms with E-state index in [9.17, 15) is 9.59 Å². The first-order chi connectivity index (χ1) is 14.2. The molecule has 2 amide bonds. The number of anilines is 1. The van der Waals surface area contributed by atoms with Crippen LogP contribution in [0.2, 0.25) is 0 Å². The Morgan fingerprint density at radius 1 is 0.897 bits per heavy atom.